The van der Waals surface area contributed by atoms with Crippen LogP contribution < -0.4 is 15.2 Å². The molecular formula is C30H34FN5O4S. The van der Waals surface area contributed by atoms with Crippen molar-refractivity contribution in [3.8, 4) is 16.9 Å². The maximum absolute atomic E-state index is 13.6. The van der Waals surface area contributed by atoms with Gasteiger partial charge in [-0.3, -0.25) is 14.7 Å². The lowest BCUT2D eigenvalue weighted by Crippen LogP contribution is -2.46. The summed E-state index contributed by atoms with van der Waals surface area (Å²) < 4.78 is 46.6. The smallest absolute Gasteiger partial charge is 0.274 e. The molecule has 1 aromatic carbocycles. The van der Waals surface area contributed by atoms with Crippen LogP contribution in [0, 0.1) is 5.92 Å². The Morgan fingerprint density at radius 1 is 1.07 bits per heavy atom. The average Bonchev–Trinajstić information content (AvgIpc) is 3.54. The number of nitrogens with zero attached hydrogens (tertiary/aromatic N) is 4. The van der Waals surface area contributed by atoms with Crippen molar-refractivity contribution in [1.82, 2.24) is 19.4 Å². The van der Waals surface area contributed by atoms with Crippen LogP contribution in [0.15, 0.2) is 64.7 Å². The molecule has 4 aromatic rings. The van der Waals surface area contributed by atoms with E-state index < -0.39 is 16.0 Å². The summed E-state index contributed by atoms with van der Waals surface area (Å²) in [5, 5.41) is 0.698. The van der Waals surface area contributed by atoms with E-state index in [-0.39, 0.29) is 28.7 Å². The molecule has 11 heteroatoms. The van der Waals surface area contributed by atoms with Crippen LogP contribution in [-0.4, -0.2) is 72.6 Å². The van der Waals surface area contributed by atoms with Crippen LogP contribution in [0.4, 0.5) is 10.1 Å². The molecule has 3 aromatic heterocycles. The highest BCUT2D eigenvalue weighted by Gasteiger charge is 2.38. The van der Waals surface area contributed by atoms with Crippen LogP contribution in [0.2, 0.25) is 0 Å². The summed E-state index contributed by atoms with van der Waals surface area (Å²) in [5.74, 6) is 0.276. The first-order chi connectivity index (χ1) is 19.7. The van der Waals surface area contributed by atoms with Gasteiger partial charge >= 0.3 is 0 Å². The summed E-state index contributed by atoms with van der Waals surface area (Å²) in [7, 11) is -1.81. The molecule has 0 radical (unpaired) electrons. The standard InChI is InChI=1S/C30H34FN5O4S/c1-3-41(38,39)23-4-5-28(40-19-20-14-27(20)31)24(16-23)26-18-34(2)30(37)29-25(26)15-21(33-29)17-35-10-12-36(13-11-35)22-6-8-32-9-7-22/h4-9,15-16,18,20,27,33H,3,10-14,17,19H2,1-2H3. The lowest BCUT2D eigenvalue weighted by molar-refractivity contribution is 0.247. The number of halogens is 1. The zero-order valence-corrected chi connectivity index (χ0v) is 24.0. The lowest BCUT2D eigenvalue weighted by atomic mass is 10.0. The number of aromatic nitrogens is 3. The Labute approximate surface area is 238 Å². The maximum Gasteiger partial charge on any atom is 0.274 e. The van der Waals surface area contributed by atoms with Crippen molar-refractivity contribution in [2.75, 3.05) is 43.4 Å². The lowest BCUT2D eigenvalue weighted by Gasteiger charge is -2.35. The molecule has 41 heavy (non-hydrogen) atoms. The van der Waals surface area contributed by atoms with E-state index >= 15 is 0 Å². The molecule has 216 valence electrons. The number of piperazine rings is 1. The molecule has 0 bridgehead atoms. The van der Waals surface area contributed by atoms with Gasteiger partial charge in [-0.1, -0.05) is 6.92 Å². The molecular weight excluding hydrogens is 545 g/mol. The highest BCUT2D eigenvalue weighted by atomic mass is 32.2. The number of nitrogens with one attached hydrogen (secondary N) is 1. The van der Waals surface area contributed by atoms with Crippen molar-refractivity contribution >= 4 is 26.4 Å². The summed E-state index contributed by atoms with van der Waals surface area (Å²) >= 11 is 0. The van der Waals surface area contributed by atoms with E-state index in [1.165, 1.54) is 10.6 Å². The van der Waals surface area contributed by atoms with Crippen LogP contribution in [0.5, 0.6) is 5.75 Å². The summed E-state index contributed by atoms with van der Waals surface area (Å²) in [6.45, 7) is 5.98. The van der Waals surface area contributed by atoms with Crippen LogP contribution in [-0.2, 0) is 23.4 Å². The van der Waals surface area contributed by atoms with Gasteiger partial charge in [-0.2, -0.15) is 0 Å². The molecule has 2 fully saturated rings. The predicted octanol–water partition coefficient (Wildman–Crippen LogP) is 3.78. The third kappa shape index (κ3) is 5.60. The van der Waals surface area contributed by atoms with E-state index in [1.54, 1.807) is 44.7 Å². The SMILES string of the molecule is CCS(=O)(=O)c1ccc(OCC2CC2F)c(-c2cn(C)c(=O)c3[nH]c(CN4CCN(c5ccncc5)CC4)cc23)c1. The fourth-order valence-corrected chi connectivity index (χ4v) is 6.34. The third-order valence-electron chi connectivity index (χ3n) is 8.08. The first-order valence-electron chi connectivity index (χ1n) is 14.0. The van der Waals surface area contributed by atoms with E-state index in [2.05, 4.69) is 19.8 Å². The van der Waals surface area contributed by atoms with Gasteiger partial charge in [-0.05, 0) is 42.8 Å². The van der Waals surface area contributed by atoms with Gasteiger partial charge < -0.3 is 19.2 Å². The molecule has 9 nitrogen and oxygen atoms in total. The van der Waals surface area contributed by atoms with Crippen LogP contribution in [0.25, 0.3) is 22.0 Å². The predicted molar refractivity (Wildman–Crippen MR) is 157 cm³/mol. The molecule has 2 aliphatic rings. The molecule has 6 rings (SSSR count). The first kappa shape index (κ1) is 27.5. The molecule has 2 unspecified atom stereocenters. The van der Waals surface area contributed by atoms with Crippen LogP contribution in [0.1, 0.15) is 19.0 Å². The largest absolute Gasteiger partial charge is 0.493 e. The van der Waals surface area contributed by atoms with Gasteiger partial charge in [-0.25, -0.2) is 12.8 Å². The number of aromatic amines is 1. The van der Waals surface area contributed by atoms with E-state index in [9.17, 15) is 17.6 Å². The topological polar surface area (TPSA) is 101 Å². The number of benzene rings is 1. The number of hydrogen-bond acceptors (Lipinski definition) is 7. The van der Waals surface area contributed by atoms with Crippen molar-refractivity contribution in [2.45, 2.75) is 31.0 Å². The number of aryl methyl sites for hydroxylation is 1. The van der Waals surface area contributed by atoms with Crippen molar-refractivity contribution in [2.24, 2.45) is 13.0 Å². The van der Waals surface area contributed by atoms with Crippen LogP contribution >= 0.6 is 0 Å². The monoisotopic (exact) mass is 579 g/mol. The fourth-order valence-electron chi connectivity index (χ4n) is 5.43. The number of H-pyrrole nitrogens is 1. The molecule has 0 amide bonds. The zero-order chi connectivity index (χ0) is 28.7. The highest BCUT2D eigenvalue weighted by Crippen LogP contribution is 2.39. The van der Waals surface area contributed by atoms with E-state index in [0.29, 0.717) is 40.7 Å². The zero-order valence-electron chi connectivity index (χ0n) is 23.2. The van der Waals surface area contributed by atoms with Crippen LogP contribution in [0.3, 0.4) is 0 Å². The molecule has 1 saturated heterocycles. The summed E-state index contributed by atoms with van der Waals surface area (Å²) in [5.41, 5.74) is 3.59. The van der Waals surface area contributed by atoms with Crippen molar-refractivity contribution in [3.05, 3.63) is 71.0 Å². The average molecular weight is 580 g/mol. The minimum absolute atomic E-state index is 0.0380. The quantitative estimate of drug-likeness (QED) is 0.322. The molecule has 4 heterocycles. The van der Waals surface area contributed by atoms with Gasteiger partial charge in [0.2, 0.25) is 0 Å². The van der Waals surface area contributed by atoms with E-state index in [4.69, 9.17) is 4.74 Å². The second kappa shape index (κ2) is 10.9. The fraction of sp³-hybridized carbons (Fsp3) is 0.400. The Bertz CT molecular complexity index is 1730. The Balaban J connectivity index is 1.33. The Kier molecular flexibility index (Phi) is 7.33. The second-order valence-electron chi connectivity index (χ2n) is 10.9. The number of anilines is 1. The number of ether oxygens (including phenoxy) is 1. The first-order valence-corrected chi connectivity index (χ1v) is 15.6. The van der Waals surface area contributed by atoms with Gasteiger partial charge in [0.15, 0.2) is 9.84 Å². The summed E-state index contributed by atoms with van der Waals surface area (Å²) in [6, 6.07) is 10.8. The number of pyridine rings is 2. The molecule has 2 atom stereocenters. The third-order valence-corrected chi connectivity index (χ3v) is 9.82. The number of alkyl halides is 1. The van der Waals surface area contributed by atoms with Gasteiger partial charge in [0.25, 0.3) is 5.56 Å². The summed E-state index contributed by atoms with van der Waals surface area (Å²) in [6.07, 6.45) is 4.94. The number of sulfone groups is 1. The van der Waals surface area contributed by atoms with E-state index in [1.807, 2.05) is 18.2 Å². The minimum Gasteiger partial charge on any atom is -0.493 e. The van der Waals surface area contributed by atoms with Crippen molar-refractivity contribution in [3.63, 3.8) is 0 Å². The van der Waals surface area contributed by atoms with Gasteiger partial charge in [0.1, 0.15) is 17.4 Å². The maximum atomic E-state index is 13.6. The molecule has 0 spiro atoms. The number of hydrogen-bond donors (Lipinski definition) is 1. The van der Waals surface area contributed by atoms with Gasteiger partial charge in [0, 0.05) is 92.2 Å². The second-order valence-corrected chi connectivity index (χ2v) is 13.2. The summed E-state index contributed by atoms with van der Waals surface area (Å²) in [4.78, 5) is 25.5. The molecule has 1 saturated carbocycles. The van der Waals surface area contributed by atoms with E-state index in [0.717, 1.165) is 37.6 Å². The van der Waals surface area contributed by atoms with Gasteiger partial charge in [-0.15, -0.1) is 0 Å². The Morgan fingerprint density at radius 2 is 1.80 bits per heavy atom. The Hall–Kier alpha value is -3.70. The minimum atomic E-state index is -3.49. The van der Waals surface area contributed by atoms with Crippen molar-refractivity contribution in [1.29, 1.82) is 0 Å². The number of rotatable bonds is 9. The molecule has 1 aliphatic carbocycles. The molecule has 1 N–H and O–H groups in total. The van der Waals surface area contributed by atoms with Crippen molar-refractivity contribution < 1.29 is 17.5 Å². The number of fused-ring (bicyclic) bond motifs is 1. The Morgan fingerprint density at radius 3 is 2.49 bits per heavy atom. The highest BCUT2D eigenvalue weighted by molar-refractivity contribution is 7.91. The van der Waals surface area contributed by atoms with Gasteiger partial charge in [0.05, 0.1) is 17.3 Å². The normalized spacial score (nSPS) is 19.5. The molecule has 1 aliphatic heterocycles.